The number of hydrogen-bond donors (Lipinski definition) is 0. The molecule has 3 amide bonds. The number of pyridine rings is 1. The number of amides is 3. The smallest absolute Gasteiger partial charge is 0.339 e. The molecule has 2 atom stereocenters. The predicted molar refractivity (Wildman–Crippen MR) is 146 cm³/mol. The number of rotatable bonds is 4. The van der Waals surface area contributed by atoms with Gasteiger partial charge >= 0.3 is 12.0 Å². The highest BCUT2D eigenvalue weighted by atomic mass is 35.5. The average Bonchev–Trinajstić information content (AvgIpc) is 3.40. The molecule has 11 heteroatoms. The Bertz CT molecular complexity index is 1530. The molecule has 2 aromatic carbocycles. The van der Waals surface area contributed by atoms with Gasteiger partial charge in [0.1, 0.15) is 11.4 Å². The standard InChI is InChI=1S/C28H23Cl2N5O4/c1-16-8-24(32-13-22(16)25(36)39-3)34-14-23(18-6-4-17(12-31)5-7-18)28(15-34)26(37)35(27(38)33(28)2)21-10-19(29)9-20(30)11-21/h4-11,13,23H,14-15H2,1-3H3/t23-,28+/m0/s1. The second-order valence-corrected chi connectivity index (χ2v) is 10.4. The molecule has 0 unspecified atom stereocenters. The molecule has 2 aliphatic rings. The van der Waals surface area contributed by atoms with Crippen LogP contribution >= 0.6 is 23.2 Å². The second kappa shape index (κ2) is 9.88. The Morgan fingerprint density at radius 1 is 1.13 bits per heavy atom. The third-order valence-corrected chi connectivity index (χ3v) is 7.87. The molecule has 39 heavy (non-hydrogen) atoms. The highest BCUT2D eigenvalue weighted by Gasteiger charge is 2.64. The molecule has 1 aromatic heterocycles. The van der Waals surface area contributed by atoms with Crippen molar-refractivity contribution in [3.8, 4) is 6.07 Å². The molecule has 0 radical (unpaired) electrons. The maximum Gasteiger partial charge on any atom is 0.339 e. The Hall–Kier alpha value is -4.13. The van der Waals surface area contributed by atoms with Crippen molar-refractivity contribution in [1.29, 1.82) is 5.26 Å². The SMILES string of the molecule is COC(=O)c1cnc(N2C[C@@H](c3ccc(C#N)cc3)[C@]3(C2)C(=O)N(c2cc(Cl)cc(Cl)c2)C(=O)N3C)cc1C. The summed E-state index contributed by atoms with van der Waals surface area (Å²) in [7, 11) is 2.91. The lowest BCUT2D eigenvalue weighted by atomic mass is 9.80. The van der Waals surface area contributed by atoms with E-state index < -0.39 is 29.4 Å². The number of aryl methyl sites for hydroxylation is 1. The van der Waals surface area contributed by atoms with Crippen molar-refractivity contribution in [2.45, 2.75) is 18.4 Å². The molecular weight excluding hydrogens is 541 g/mol. The highest BCUT2D eigenvalue weighted by Crippen LogP contribution is 2.47. The molecule has 0 aliphatic carbocycles. The van der Waals surface area contributed by atoms with Gasteiger partial charge in [-0.15, -0.1) is 0 Å². The molecule has 3 heterocycles. The van der Waals surface area contributed by atoms with Gasteiger partial charge in [0.15, 0.2) is 0 Å². The first-order chi connectivity index (χ1) is 18.6. The minimum atomic E-state index is -1.29. The summed E-state index contributed by atoms with van der Waals surface area (Å²) < 4.78 is 4.83. The van der Waals surface area contributed by atoms with Gasteiger partial charge in [-0.05, 0) is 54.4 Å². The number of nitriles is 1. The van der Waals surface area contributed by atoms with Crippen LogP contribution in [0.4, 0.5) is 16.3 Å². The maximum absolute atomic E-state index is 14.3. The van der Waals surface area contributed by atoms with Gasteiger partial charge in [-0.2, -0.15) is 5.26 Å². The Kier molecular flexibility index (Phi) is 6.70. The van der Waals surface area contributed by atoms with E-state index in [0.717, 1.165) is 10.5 Å². The van der Waals surface area contributed by atoms with Crippen LogP contribution < -0.4 is 9.80 Å². The summed E-state index contributed by atoms with van der Waals surface area (Å²) in [4.78, 5) is 49.0. The molecule has 0 N–H and O–H groups in total. The van der Waals surface area contributed by atoms with Crippen LogP contribution in [0.3, 0.4) is 0 Å². The topological polar surface area (TPSA) is 107 Å². The molecule has 3 aromatic rings. The number of imide groups is 1. The van der Waals surface area contributed by atoms with Crippen molar-refractivity contribution in [3.05, 3.63) is 87.0 Å². The highest BCUT2D eigenvalue weighted by molar-refractivity contribution is 6.36. The van der Waals surface area contributed by atoms with E-state index in [1.165, 1.54) is 36.4 Å². The normalized spacial score (nSPS) is 20.6. The van der Waals surface area contributed by atoms with E-state index in [2.05, 4.69) is 11.1 Å². The summed E-state index contributed by atoms with van der Waals surface area (Å²) in [5.41, 5.74) is 1.26. The molecule has 2 aliphatic heterocycles. The summed E-state index contributed by atoms with van der Waals surface area (Å²) in [5, 5.41) is 9.87. The lowest BCUT2D eigenvalue weighted by Gasteiger charge is -2.33. The molecule has 0 bridgehead atoms. The van der Waals surface area contributed by atoms with Crippen molar-refractivity contribution in [2.75, 3.05) is 37.0 Å². The first kappa shape index (κ1) is 26.5. The summed E-state index contributed by atoms with van der Waals surface area (Å²) in [6.45, 7) is 2.28. The predicted octanol–water partition coefficient (Wildman–Crippen LogP) is 4.80. The number of nitrogens with zero attached hydrogens (tertiary/aromatic N) is 5. The van der Waals surface area contributed by atoms with Gasteiger partial charge in [-0.25, -0.2) is 19.5 Å². The maximum atomic E-state index is 14.3. The Labute approximate surface area is 235 Å². The quantitative estimate of drug-likeness (QED) is 0.331. The first-order valence-corrected chi connectivity index (χ1v) is 12.7. The van der Waals surface area contributed by atoms with Gasteiger partial charge in [0.25, 0.3) is 5.91 Å². The van der Waals surface area contributed by atoms with Crippen LogP contribution in [0.2, 0.25) is 10.0 Å². The van der Waals surface area contributed by atoms with Crippen molar-refractivity contribution >= 4 is 52.6 Å². The summed E-state index contributed by atoms with van der Waals surface area (Å²) in [6.07, 6.45) is 1.45. The molecule has 9 nitrogen and oxygen atoms in total. The summed E-state index contributed by atoms with van der Waals surface area (Å²) in [5.74, 6) is -0.831. The van der Waals surface area contributed by atoms with E-state index in [1.807, 2.05) is 4.90 Å². The molecule has 2 saturated heterocycles. The number of methoxy groups -OCH3 is 1. The van der Waals surface area contributed by atoms with E-state index in [4.69, 9.17) is 27.9 Å². The van der Waals surface area contributed by atoms with Crippen LogP contribution in [-0.4, -0.2) is 60.6 Å². The Balaban J connectivity index is 1.62. The monoisotopic (exact) mass is 563 g/mol. The zero-order valence-electron chi connectivity index (χ0n) is 21.3. The van der Waals surface area contributed by atoms with Crippen molar-refractivity contribution in [3.63, 3.8) is 0 Å². The fraction of sp³-hybridized carbons (Fsp3) is 0.250. The van der Waals surface area contributed by atoms with E-state index in [0.29, 0.717) is 39.1 Å². The van der Waals surface area contributed by atoms with Gasteiger partial charge in [-0.1, -0.05) is 35.3 Å². The fourth-order valence-corrected chi connectivity index (χ4v) is 5.93. The Morgan fingerprint density at radius 2 is 1.79 bits per heavy atom. The van der Waals surface area contributed by atoms with E-state index in [-0.39, 0.29) is 12.2 Å². The van der Waals surface area contributed by atoms with Crippen LogP contribution in [0.5, 0.6) is 0 Å². The van der Waals surface area contributed by atoms with Gasteiger partial charge in [0, 0.05) is 35.8 Å². The molecule has 198 valence electrons. The third-order valence-electron chi connectivity index (χ3n) is 7.43. The van der Waals surface area contributed by atoms with Crippen LogP contribution in [0, 0.1) is 18.3 Å². The summed E-state index contributed by atoms with van der Waals surface area (Å²) in [6, 6.07) is 14.9. The van der Waals surface area contributed by atoms with Gasteiger partial charge in [0.2, 0.25) is 0 Å². The fourth-order valence-electron chi connectivity index (χ4n) is 5.42. The third kappa shape index (κ3) is 4.26. The number of esters is 1. The molecular formula is C28H23Cl2N5O4. The number of urea groups is 1. The molecule has 5 rings (SSSR count). The van der Waals surface area contributed by atoms with Crippen LogP contribution in [0.25, 0.3) is 0 Å². The first-order valence-electron chi connectivity index (χ1n) is 12.0. The minimum Gasteiger partial charge on any atom is -0.465 e. The number of ether oxygens (including phenoxy) is 1. The van der Waals surface area contributed by atoms with Crippen molar-refractivity contribution in [2.24, 2.45) is 0 Å². The molecule has 1 spiro atoms. The van der Waals surface area contributed by atoms with E-state index in [1.54, 1.807) is 44.3 Å². The van der Waals surface area contributed by atoms with Gasteiger partial charge in [0.05, 0.1) is 36.5 Å². The number of benzene rings is 2. The number of hydrogen-bond acceptors (Lipinski definition) is 7. The van der Waals surface area contributed by atoms with E-state index in [9.17, 15) is 19.6 Å². The lowest BCUT2D eigenvalue weighted by molar-refractivity contribution is -0.124. The van der Waals surface area contributed by atoms with Crippen LogP contribution in [0.1, 0.15) is 33.0 Å². The number of anilines is 2. The second-order valence-electron chi connectivity index (χ2n) is 9.55. The van der Waals surface area contributed by atoms with Crippen LogP contribution in [0.15, 0.2) is 54.7 Å². The largest absolute Gasteiger partial charge is 0.465 e. The average molecular weight is 564 g/mol. The zero-order chi connectivity index (χ0) is 28.1. The minimum absolute atomic E-state index is 0.146. The number of halogens is 2. The van der Waals surface area contributed by atoms with Crippen molar-refractivity contribution in [1.82, 2.24) is 9.88 Å². The van der Waals surface area contributed by atoms with Crippen LogP contribution in [-0.2, 0) is 9.53 Å². The number of carbonyl (C=O) groups is 3. The van der Waals surface area contributed by atoms with Gasteiger partial charge < -0.3 is 14.5 Å². The Morgan fingerprint density at radius 3 is 2.38 bits per heavy atom. The van der Waals surface area contributed by atoms with Gasteiger partial charge in [-0.3, -0.25) is 4.79 Å². The summed E-state index contributed by atoms with van der Waals surface area (Å²) >= 11 is 12.4. The lowest BCUT2D eigenvalue weighted by Crippen LogP contribution is -2.53. The van der Waals surface area contributed by atoms with Crippen molar-refractivity contribution < 1.29 is 19.1 Å². The zero-order valence-corrected chi connectivity index (χ0v) is 22.8. The number of aromatic nitrogens is 1. The number of likely N-dealkylation sites (N-methyl/N-ethyl adjacent to an activating group) is 1. The molecule has 2 fully saturated rings. The number of carbonyl (C=O) groups excluding carboxylic acids is 3. The van der Waals surface area contributed by atoms with E-state index >= 15 is 0 Å². The molecule has 0 saturated carbocycles.